The summed E-state index contributed by atoms with van der Waals surface area (Å²) in [7, 11) is 0. The topological polar surface area (TPSA) is 95.1 Å². The van der Waals surface area contributed by atoms with E-state index in [2.05, 4.69) is 10.7 Å². The second-order valence-corrected chi connectivity index (χ2v) is 7.12. The number of urea groups is 1. The summed E-state index contributed by atoms with van der Waals surface area (Å²) in [4.78, 5) is 37.7. The molecule has 2 aromatic carbocycles. The number of nitrogens with two attached hydrogens (primary N) is 1. The van der Waals surface area contributed by atoms with Gasteiger partial charge in [-0.25, -0.2) is 13.6 Å². The average molecular weight is 417 g/mol. The molecule has 0 bridgehead atoms. The molecule has 0 unspecified atom stereocenters. The van der Waals surface area contributed by atoms with Crippen molar-refractivity contribution >= 4 is 17.8 Å². The van der Waals surface area contributed by atoms with E-state index in [1.54, 1.807) is 44.2 Å². The Morgan fingerprint density at radius 1 is 1.20 bits per heavy atom. The molecule has 2 atom stereocenters. The van der Waals surface area contributed by atoms with E-state index in [-0.39, 0.29) is 12.1 Å². The van der Waals surface area contributed by atoms with Crippen molar-refractivity contribution in [1.82, 2.24) is 15.8 Å². The molecule has 1 aliphatic rings. The number of benzene rings is 2. The number of hydrogen-bond donors (Lipinski definition) is 3. The molecule has 4 N–H and O–H groups in total. The number of carbonyl (C=O) groups is 3. The van der Waals surface area contributed by atoms with Crippen LogP contribution in [0.5, 0.6) is 0 Å². The molecule has 0 spiro atoms. The number of nitrogens with one attached hydrogen (secondary N) is 2. The number of hydrazine groups is 1. The zero-order valence-corrected chi connectivity index (χ0v) is 16.6. The fourth-order valence-corrected chi connectivity index (χ4v) is 3.49. The van der Waals surface area contributed by atoms with Gasteiger partial charge >= 0.3 is 6.03 Å². The van der Waals surface area contributed by atoms with Gasteiger partial charge in [0.2, 0.25) is 0 Å². The molecule has 1 fully saturated rings. The van der Waals surface area contributed by atoms with Crippen LogP contribution >= 0.6 is 0 Å². The Morgan fingerprint density at radius 2 is 1.90 bits per heavy atom. The highest BCUT2D eigenvalue weighted by Gasteiger charge is 2.52. The van der Waals surface area contributed by atoms with Crippen molar-refractivity contribution in [3.8, 4) is 0 Å². The highest BCUT2D eigenvalue weighted by atomic mass is 19.1. The molecular weight excluding hydrogens is 394 g/mol. The molecular formula is C21H23F2N4O3+. The summed E-state index contributed by atoms with van der Waals surface area (Å²) in [5, 5.41) is 4.87. The number of amides is 4. The maximum Gasteiger partial charge on any atom is 0.344 e. The quantitative estimate of drug-likeness (QED) is 0.596. The van der Waals surface area contributed by atoms with Crippen molar-refractivity contribution in [2.75, 3.05) is 6.54 Å². The Labute approximate surface area is 172 Å². The van der Waals surface area contributed by atoms with Gasteiger partial charge in [-0.3, -0.25) is 15.0 Å². The first kappa shape index (κ1) is 21.4. The van der Waals surface area contributed by atoms with Crippen LogP contribution in [-0.2, 0) is 15.1 Å². The van der Waals surface area contributed by atoms with Crippen molar-refractivity contribution in [1.29, 1.82) is 0 Å². The maximum atomic E-state index is 13.9. The van der Waals surface area contributed by atoms with E-state index >= 15 is 0 Å². The first-order valence-corrected chi connectivity index (χ1v) is 9.58. The van der Waals surface area contributed by atoms with Gasteiger partial charge < -0.3 is 10.6 Å². The lowest BCUT2D eigenvalue weighted by atomic mass is 9.87. The summed E-state index contributed by atoms with van der Waals surface area (Å²) in [6.07, 6.45) is 0.307. The first-order chi connectivity index (χ1) is 14.3. The molecule has 0 radical (unpaired) electrons. The van der Waals surface area contributed by atoms with Crippen molar-refractivity contribution < 1.29 is 28.5 Å². The zero-order valence-electron chi connectivity index (χ0n) is 16.6. The fourth-order valence-electron chi connectivity index (χ4n) is 3.49. The fraction of sp³-hybridized carbons (Fsp3) is 0.286. The molecule has 1 aliphatic heterocycles. The Kier molecular flexibility index (Phi) is 6.12. The lowest BCUT2D eigenvalue weighted by molar-refractivity contribution is -0.682. The van der Waals surface area contributed by atoms with Crippen LogP contribution in [0.3, 0.4) is 0 Å². The predicted octanol–water partition coefficient (Wildman–Crippen LogP) is 1.48. The standard InChI is InChI=1S/C21H22F2N4O3/c1-3-21(14-7-5-4-6-8-14)19(29)27(20(30)25-21)26-18(28)12-24-13(2)16-10-9-15(22)11-17(16)23/h4-11,13,24H,3,12H2,1-2H3,(H,25,30)(H,26,28)/p+1/t13-,21+/m0/s1. The number of quaternary nitrogens is 1. The summed E-state index contributed by atoms with van der Waals surface area (Å²) in [6, 6.07) is 10.8. The number of carbonyl (C=O) groups excluding carboxylic acids is 3. The summed E-state index contributed by atoms with van der Waals surface area (Å²) in [6.45, 7) is 3.26. The molecule has 158 valence electrons. The van der Waals surface area contributed by atoms with Crippen LogP contribution < -0.4 is 16.1 Å². The smallest absolute Gasteiger partial charge is 0.332 e. The molecule has 0 aliphatic carbocycles. The van der Waals surface area contributed by atoms with Crippen molar-refractivity contribution in [3.05, 3.63) is 71.3 Å². The van der Waals surface area contributed by atoms with Crippen molar-refractivity contribution in [2.24, 2.45) is 0 Å². The second kappa shape index (κ2) is 8.58. The Hall–Kier alpha value is -3.33. The van der Waals surface area contributed by atoms with Gasteiger partial charge in [0.1, 0.15) is 23.2 Å². The minimum Gasteiger partial charge on any atom is -0.332 e. The van der Waals surface area contributed by atoms with E-state index in [0.717, 1.165) is 12.1 Å². The molecule has 1 saturated heterocycles. The van der Waals surface area contributed by atoms with Crippen molar-refractivity contribution in [2.45, 2.75) is 31.8 Å². The van der Waals surface area contributed by atoms with Gasteiger partial charge in [0.15, 0.2) is 6.54 Å². The van der Waals surface area contributed by atoms with Gasteiger partial charge in [-0.05, 0) is 31.0 Å². The number of halogens is 2. The molecule has 30 heavy (non-hydrogen) atoms. The normalized spacial score (nSPS) is 19.5. The summed E-state index contributed by atoms with van der Waals surface area (Å²) < 4.78 is 26.9. The largest absolute Gasteiger partial charge is 0.344 e. The van der Waals surface area contributed by atoms with Gasteiger partial charge in [0, 0.05) is 11.6 Å². The number of hydrogen-bond acceptors (Lipinski definition) is 3. The molecule has 9 heteroatoms. The highest BCUT2D eigenvalue weighted by molar-refractivity contribution is 6.08. The second-order valence-electron chi connectivity index (χ2n) is 7.12. The van der Waals surface area contributed by atoms with Gasteiger partial charge in [0.25, 0.3) is 11.8 Å². The Morgan fingerprint density at radius 3 is 2.53 bits per heavy atom. The lowest BCUT2D eigenvalue weighted by Gasteiger charge is -2.25. The van der Waals surface area contributed by atoms with Gasteiger partial charge in [-0.15, -0.1) is 0 Å². The van der Waals surface area contributed by atoms with Crippen LogP contribution in [0.25, 0.3) is 0 Å². The molecule has 3 rings (SSSR count). The van der Waals surface area contributed by atoms with Crippen LogP contribution in [0.15, 0.2) is 48.5 Å². The third-order valence-electron chi connectivity index (χ3n) is 5.23. The Bertz CT molecular complexity index is 970. The monoisotopic (exact) mass is 417 g/mol. The average Bonchev–Trinajstić information content (AvgIpc) is 2.97. The lowest BCUT2D eigenvalue weighted by Crippen LogP contribution is -2.87. The predicted molar refractivity (Wildman–Crippen MR) is 103 cm³/mol. The van der Waals surface area contributed by atoms with E-state index in [9.17, 15) is 23.2 Å². The summed E-state index contributed by atoms with van der Waals surface area (Å²) >= 11 is 0. The van der Waals surface area contributed by atoms with Gasteiger partial charge in [0.05, 0.1) is 0 Å². The molecule has 0 saturated carbocycles. The number of nitrogens with zero attached hydrogens (tertiary/aromatic N) is 1. The van der Waals surface area contributed by atoms with Crippen LogP contribution in [0.1, 0.15) is 37.4 Å². The van der Waals surface area contributed by atoms with E-state index in [4.69, 9.17) is 0 Å². The van der Waals surface area contributed by atoms with Crippen LogP contribution in [-0.4, -0.2) is 29.4 Å². The van der Waals surface area contributed by atoms with Gasteiger partial charge in [-0.1, -0.05) is 37.3 Å². The maximum absolute atomic E-state index is 13.9. The molecule has 7 nitrogen and oxygen atoms in total. The first-order valence-electron chi connectivity index (χ1n) is 9.58. The van der Waals surface area contributed by atoms with Crippen LogP contribution in [0.2, 0.25) is 0 Å². The highest BCUT2D eigenvalue weighted by Crippen LogP contribution is 2.31. The van der Waals surface area contributed by atoms with E-state index in [1.165, 1.54) is 11.4 Å². The summed E-state index contributed by atoms with van der Waals surface area (Å²) in [5.41, 5.74) is 1.93. The van der Waals surface area contributed by atoms with Crippen molar-refractivity contribution in [3.63, 3.8) is 0 Å². The third kappa shape index (κ3) is 4.02. The SMILES string of the molecule is CC[C@]1(c2ccccc2)NC(=O)N(NC(=O)C[NH2+][C@@H](C)c2ccc(F)cc2F)C1=O. The van der Waals surface area contributed by atoms with Crippen LogP contribution in [0, 0.1) is 11.6 Å². The van der Waals surface area contributed by atoms with Gasteiger partial charge in [-0.2, -0.15) is 5.01 Å². The van der Waals surface area contributed by atoms with E-state index < -0.39 is 41.1 Å². The van der Waals surface area contributed by atoms with E-state index in [1.807, 2.05) is 0 Å². The minimum atomic E-state index is -1.25. The summed E-state index contributed by atoms with van der Waals surface area (Å²) in [5.74, 6) is -2.57. The molecule has 4 amide bonds. The Balaban J connectivity index is 1.65. The van der Waals surface area contributed by atoms with E-state index in [0.29, 0.717) is 17.0 Å². The molecule has 2 aromatic rings. The minimum absolute atomic E-state index is 0.167. The number of rotatable bonds is 7. The number of imide groups is 1. The van der Waals surface area contributed by atoms with Crippen LogP contribution in [0.4, 0.5) is 13.6 Å². The molecule has 1 heterocycles. The zero-order chi connectivity index (χ0) is 21.9. The third-order valence-corrected chi connectivity index (χ3v) is 5.23. The molecule has 0 aromatic heterocycles.